The van der Waals surface area contributed by atoms with E-state index in [9.17, 15) is 9.59 Å². The monoisotopic (exact) mass is 673 g/mol. The van der Waals surface area contributed by atoms with Gasteiger partial charge in [-0.15, -0.1) is 6.42 Å². The normalized spacial score (nSPS) is 14.3. The second kappa shape index (κ2) is 13.2. The van der Waals surface area contributed by atoms with Gasteiger partial charge >= 0.3 is 0 Å². The number of ether oxygens (including phenoxy) is 4. The molecule has 9 nitrogen and oxygen atoms in total. The largest absolute Gasteiger partial charge is 0.493 e. The lowest BCUT2D eigenvalue weighted by Crippen LogP contribution is -2.40. The number of nitrogens with zero attached hydrogens (tertiary/aromatic N) is 2. The van der Waals surface area contributed by atoms with E-state index in [2.05, 4.69) is 27.2 Å². The highest BCUT2D eigenvalue weighted by Gasteiger charge is 2.34. The minimum Gasteiger partial charge on any atom is -0.493 e. The fourth-order valence-corrected chi connectivity index (χ4v) is 6.35. The van der Waals surface area contributed by atoms with Crippen LogP contribution in [0.15, 0.2) is 86.2 Å². The van der Waals surface area contributed by atoms with E-state index in [-0.39, 0.29) is 12.2 Å². The Morgan fingerprint density at radius 1 is 1.07 bits per heavy atom. The number of nitrogens with one attached hydrogen (secondary N) is 1. The summed E-state index contributed by atoms with van der Waals surface area (Å²) in [5, 5.41) is 2.95. The van der Waals surface area contributed by atoms with Gasteiger partial charge in [-0.05, 0) is 61.0 Å². The van der Waals surface area contributed by atoms with Gasteiger partial charge in [0.25, 0.3) is 11.5 Å². The molecule has 4 aromatic rings. The molecular weight excluding hydrogens is 646 g/mol. The summed E-state index contributed by atoms with van der Waals surface area (Å²) in [7, 11) is 4.53. The van der Waals surface area contributed by atoms with Gasteiger partial charge in [-0.3, -0.25) is 14.2 Å². The Bertz CT molecular complexity index is 1970. The number of thiazole rings is 1. The van der Waals surface area contributed by atoms with E-state index in [1.54, 1.807) is 43.3 Å². The van der Waals surface area contributed by atoms with Crippen molar-refractivity contribution in [2.24, 2.45) is 4.99 Å². The second-order valence-corrected chi connectivity index (χ2v) is 11.5. The Kier molecular flexibility index (Phi) is 9.23. The van der Waals surface area contributed by atoms with E-state index in [0.29, 0.717) is 60.4 Å². The van der Waals surface area contributed by atoms with Crippen molar-refractivity contribution in [3.63, 3.8) is 0 Å². The summed E-state index contributed by atoms with van der Waals surface area (Å²) in [5.41, 5.74) is 2.25. The fourth-order valence-electron chi connectivity index (χ4n) is 4.93. The maximum atomic E-state index is 14.2. The molecule has 0 saturated heterocycles. The molecule has 1 aliphatic rings. The molecule has 0 bridgehead atoms. The van der Waals surface area contributed by atoms with E-state index in [0.717, 1.165) is 4.47 Å². The van der Waals surface area contributed by atoms with Crippen molar-refractivity contribution in [3.05, 3.63) is 107 Å². The molecule has 1 aromatic heterocycles. The van der Waals surface area contributed by atoms with Gasteiger partial charge in [-0.2, -0.15) is 0 Å². The second-order valence-electron chi connectivity index (χ2n) is 9.54. The lowest BCUT2D eigenvalue weighted by Gasteiger charge is -2.26. The number of amides is 1. The molecule has 3 aromatic carbocycles. The van der Waals surface area contributed by atoms with Gasteiger partial charge in [0.1, 0.15) is 12.4 Å². The van der Waals surface area contributed by atoms with Crippen LogP contribution in [0.25, 0.3) is 6.08 Å². The number of aromatic nitrogens is 1. The molecule has 1 amide bonds. The van der Waals surface area contributed by atoms with Crippen molar-refractivity contribution >= 4 is 44.9 Å². The molecule has 0 saturated carbocycles. The lowest BCUT2D eigenvalue weighted by molar-refractivity contribution is -0.113. The van der Waals surface area contributed by atoms with Crippen LogP contribution in [0.1, 0.15) is 24.1 Å². The number of allylic oxidation sites excluding steroid dienone is 1. The maximum absolute atomic E-state index is 14.2. The summed E-state index contributed by atoms with van der Waals surface area (Å²) in [6.07, 6.45) is 7.14. The minimum atomic E-state index is -0.870. The lowest BCUT2D eigenvalue weighted by atomic mass is 9.94. The summed E-state index contributed by atoms with van der Waals surface area (Å²) in [5.74, 6) is 3.73. The van der Waals surface area contributed by atoms with Gasteiger partial charge in [0, 0.05) is 15.7 Å². The number of terminal acetylenes is 1. The van der Waals surface area contributed by atoms with Gasteiger partial charge < -0.3 is 24.3 Å². The van der Waals surface area contributed by atoms with E-state index in [1.165, 1.54) is 37.2 Å². The molecule has 5 rings (SSSR count). The summed E-state index contributed by atoms with van der Waals surface area (Å²) in [6.45, 7) is 1.83. The standard InChI is InChI=1S/C33H28BrN3O6S/c1-6-14-43-24-13-12-22(34)15-20(24)18-27-32(39)37-29(21-16-25(40-3)30(42-5)26(17-21)41-4)28(19(2)35-33(37)44-27)31(38)36-23-10-8-7-9-11-23/h1,7-13,15-18,29H,14H2,2-5H3,(H,36,38)/b27-18-/t29-/m0/s1. The molecule has 0 aliphatic carbocycles. The van der Waals surface area contributed by atoms with Crippen LogP contribution in [-0.4, -0.2) is 38.4 Å². The number of methoxy groups -OCH3 is 3. The van der Waals surface area contributed by atoms with Crippen molar-refractivity contribution in [3.8, 4) is 35.3 Å². The number of hydrogen-bond donors (Lipinski definition) is 1. The Hall–Kier alpha value is -4.79. The number of anilines is 1. The van der Waals surface area contributed by atoms with Gasteiger partial charge in [-0.25, -0.2) is 4.99 Å². The van der Waals surface area contributed by atoms with E-state index < -0.39 is 11.9 Å². The highest BCUT2D eigenvalue weighted by molar-refractivity contribution is 9.10. The first-order valence-electron chi connectivity index (χ1n) is 13.3. The van der Waals surface area contributed by atoms with Crippen molar-refractivity contribution in [2.45, 2.75) is 13.0 Å². The molecule has 1 aliphatic heterocycles. The average Bonchev–Trinajstić information content (AvgIpc) is 3.33. The van der Waals surface area contributed by atoms with Gasteiger partial charge in [0.05, 0.1) is 43.2 Å². The molecule has 224 valence electrons. The van der Waals surface area contributed by atoms with Crippen LogP contribution in [-0.2, 0) is 4.79 Å². The number of halogens is 1. The zero-order valence-corrected chi connectivity index (χ0v) is 26.7. The van der Waals surface area contributed by atoms with Crippen LogP contribution in [0, 0.1) is 12.3 Å². The van der Waals surface area contributed by atoms with Gasteiger partial charge in [0.15, 0.2) is 16.3 Å². The molecule has 0 spiro atoms. The molecule has 0 radical (unpaired) electrons. The first kappa shape index (κ1) is 30.7. The Morgan fingerprint density at radius 3 is 2.41 bits per heavy atom. The molecule has 11 heteroatoms. The third-order valence-corrected chi connectivity index (χ3v) is 8.35. The summed E-state index contributed by atoms with van der Waals surface area (Å²) in [4.78, 5) is 33.3. The van der Waals surface area contributed by atoms with E-state index in [1.807, 2.05) is 30.3 Å². The summed E-state index contributed by atoms with van der Waals surface area (Å²) >= 11 is 4.70. The average molecular weight is 675 g/mol. The van der Waals surface area contributed by atoms with Crippen molar-refractivity contribution in [1.82, 2.24) is 4.57 Å². The number of benzene rings is 3. The topological polar surface area (TPSA) is 100 Å². The fraction of sp³-hybridized carbons (Fsp3) is 0.182. The smallest absolute Gasteiger partial charge is 0.271 e. The Labute approximate surface area is 266 Å². The molecule has 1 N–H and O–H groups in total. The quantitative estimate of drug-likeness (QED) is 0.259. The Balaban J connectivity index is 1.75. The van der Waals surface area contributed by atoms with Gasteiger partial charge in [0.2, 0.25) is 5.75 Å². The minimum absolute atomic E-state index is 0.0734. The van der Waals surface area contributed by atoms with E-state index in [4.69, 9.17) is 30.4 Å². The summed E-state index contributed by atoms with van der Waals surface area (Å²) < 4.78 is 25.2. The zero-order valence-electron chi connectivity index (χ0n) is 24.3. The van der Waals surface area contributed by atoms with Crippen LogP contribution >= 0.6 is 27.3 Å². The van der Waals surface area contributed by atoms with Crippen molar-refractivity contribution in [1.29, 1.82) is 0 Å². The highest BCUT2D eigenvalue weighted by Crippen LogP contribution is 2.42. The van der Waals surface area contributed by atoms with Crippen LogP contribution < -0.4 is 39.2 Å². The number of rotatable bonds is 9. The zero-order chi connectivity index (χ0) is 31.4. The van der Waals surface area contributed by atoms with Crippen molar-refractivity contribution < 1.29 is 23.7 Å². The molecule has 44 heavy (non-hydrogen) atoms. The molecule has 0 fully saturated rings. The summed E-state index contributed by atoms with van der Waals surface area (Å²) in [6, 6.07) is 17.1. The molecule has 1 atom stereocenters. The maximum Gasteiger partial charge on any atom is 0.271 e. The van der Waals surface area contributed by atoms with Crippen LogP contribution in [0.2, 0.25) is 0 Å². The molecular formula is C33H28BrN3O6S. The highest BCUT2D eigenvalue weighted by atomic mass is 79.9. The third-order valence-electron chi connectivity index (χ3n) is 6.87. The number of carbonyl (C=O) groups is 1. The SMILES string of the molecule is C#CCOc1ccc(Br)cc1/C=c1\sc2n(c1=O)[C@@H](c1cc(OC)c(OC)c(OC)c1)C(C(=O)Nc1ccccc1)=C(C)N=2. The van der Waals surface area contributed by atoms with Crippen LogP contribution in [0.5, 0.6) is 23.0 Å². The predicted molar refractivity (Wildman–Crippen MR) is 173 cm³/mol. The third kappa shape index (κ3) is 6.00. The first-order valence-corrected chi connectivity index (χ1v) is 14.9. The first-order chi connectivity index (χ1) is 21.3. The number of hydrogen-bond acceptors (Lipinski definition) is 8. The van der Waals surface area contributed by atoms with Crippen LogP contribution in [0.3, 0.4) is 0 Å². The van der Waals surface area contributed by atoms with Gasteiger partial charge in [-0.1, -0.05) is 51.4 Å². The molecule has 2 heterocycles. The van der Waals surface area contributed by atoms with Crippen molar-refractivity contribution in [2.75, 3.05) is 33.3 Å². The predicted octanol–water partition coefficient (Wildman–Crippen LogP) is 4.67. The Morgan fingerprint density at radius 2 is 1.77 bits per heavy atom. The van der Waals surface area contributed by atoms with E-state index >= 15 is 0 Å². The number of fused-ring (bicyclic) bond motifs is 1. The number of carbonyl (C=O) groups excluding carboxylic acids is 1. The molecule has 0 unspecified atom stereocenters. The van der Waals surface area contributed by atoms with Crippen LogP contribution in [0.4, 0.5) is 5.69 Å². The number of para-hydroxylation sites is 1.